The summed E-state index contributed by atoms with van der Waals surface area (Å²) in [6.07, 6.45) is 0.483. The van der Waals surface area contributed by atoms with E-state index >= 15 is 0 Å². The summed E-state index contributed by atoms with van der Waals surface area (Å²) in [5.74, 6) is -1.92. The van der Waals surface area contributed by atoms with Gasteiger partial charge in [0, 0.05) is 29.5 Å². The van der Waals surface area contributed by atoms with Gasteiger partial charge in [0.2, 0.25) is 5.78 Å². The molecule has 8 nitrogen and oxygen atoms in total. The summed E-state index contributed by atoms with van der Waals surface area (Å²) < 4.78 is 6.75. The van der Waals surface area contributed by atoms with E-state index < -0.39 is 34.8 Å². The second-order valence-electron chi connectivity index (χ2n) is 7.29. The van der Waals surface area contributed by atoms with Crippen LogP contribution in [0.2, 0.25) is 10.0 Å². The van der Waals surface area contributed by atoms with Crippen molar-refractivity contribution in [3.63, 3.8) is 0 Å². The molecule has 152 valence electrons. The van der Waals surface area contributed by atoms with Crippen molar-refractivity contribution in [3.8, 4) is 0 Å². The Morgan fingerprint density at radius 2 is 1.87 bits per heavy atom. The van der Waals surface area contributed by atoms with E-state index in [1.165, 1.54) is 30.8 Å². The fraction of sp³-hybridized carbons (Fsp3) is 0.200. The fourth-order valence-electron chi connectivity index (χ4n) is 4.30. The minimum absolute atomic E-state index is 0.0384. The van der Waals surface area contributed by atoms with Gasteiger partial charge in [0.15, 0.2) is 17.4 Å². The Balaban J connectivity index is 1.86. The quantitative estimate of drug-likeness (QED) is 0.724. The van der Waals surface area contributed by atoms with Crippen molar-refractivity contribution in [1.82, 2.24) is 4.57 Å². The van der Waals surface area contributed by atoms with E-state index in [0.717, 1.165) is 4.90 Å². The van der Waals surface area contributed by atoms with Gasteiger partial charge in [-0.05, 0) is 25.1 Å². The van der Waals surface area contributed by atoms with Crippen LogP contribution in [0.25, 0.3) is 0 Å². The zero-order chi connectivity index (χ0) is 21.5. The molecule has 1 N–H and O–H groups in total. The molecule has 2 unspecified atom stereocenters. The molecule has 1 aromatic carbocycles. The molecular formula is C20H13Cl2N3O5. The first-order valence-corrected chi connectivity index (χ1v) is 9.71. The van der Waals surface area contributed by atoms with Gasteiger partial charge in [-0.15, -0.1) is 0 Å². The van der Waals surface area contributed by atoms with Crippen molar-refractivity contribution in [1.29, 1.82) is 0 Å². The molecule has 0 saturated carbocycles. The molecule has 1 spiro atoms. The van der Waals surface area contributed by atoms with Crippen LogP contribution in [0.15, 0.2) is 46.6 Å². The van der Waals surface area contributed by atoms with Gasteiger partial charge in [0.05, 0.1) is 11.3 Å². The zero-order valence-corrected chi connectivity index (χ0v) is 17.2. The largest absolute Gasteiger partial charge is 0.476 e. The average molecular weight is 446 g/mol. The number of aryl methyl sites for hydroxylation is 1. The first-order chi connectivity index (χ1) is 14.2. The van der Waals surface area contributed by atoms with Gasteiger partial charge in [-0.2, -0.15) is 0 Å². The highest BCUT2D eigenvalue weighted by Gasteiger charge is 2.67. The molecule has 2 amide bonds. The van der Waals surface area contributed by atoms with Gasteiger partial charge in [0.25, 0.3) is 17.4 Å². The van der Waals surface area contributed by atoms with Crippen LogP contribution >= 0.6 is 23.2 Å². The number of carbonyl (C=O) groups is 3. The number of hydrogen-bond acceptors (Lipinski definition) is 5. The molecule has 1 aromatic heterocycles. The van der Waals surface area contributed by atoms with Crippen molar-refractivity contribution >= 4 is 52.2 Å². The minimum Gasteiger partial charge on any atom is -0.476 e. The summed E-state index contributed by atoms with van der Waals surface area (Å²) in [4.78, 5) is 53.1. The lowest BCUT2D eigenvalue weighted by Gasteiger charge is -2.35. The number of ether oxygens (including phenoxy) is 1. The highest BCUT2D eigenvalue weighted by atomic mass is 35.5. The third-order valence-electron chi connectivity index (χ3n) is 5.56. The molecule has 0 bridgehead atoms. The summed E-state index contributed by atoms with van der Waals surface area (Å²) in [5, 5.41) is 2.96. The van der Waals surface area contributed by atoms with Crippen molar-refractivity contribution < 1.29 is 19.1 Å². The molecule has 0 fully saturated rings. The van der Waals surface area contributed by atoms with Gasteiger partial charge in [-0.1, -0.05) is 29.3 Å². The molecule has 30 heavy (non-hydrogen) atoms. The maximum Gasteiger partial charge on any atom is 0.295 e. The molecule has 0 radical (unpaired) electrons. The van der Waals surface area contributed by atoms with E-state index in [1.54, 1.807) is 18.2 Å². The number of aromatic nitrogens is 1. The molecule has 2 atom stereocenters. The number of nitrogens with zero attached hydrogens (tertiary/aromatic N) is 2. The highest BCUT2D eigenvalue weighted by Crippen LogP contribution is 2.55. The van der Waals surface area contributed by atoms with Crippen LogP contribution in [0.5, 0.6) is 0 Å². The standard InChI is InChI=1S/C20H13Cl2N3O5/c1-8-15(26)14-16(30-8)18(28)25(10-6-12(22)17(27)24(2)7-10)20(14)11-4-3-9(21)5-13(11)23-19(20)29/h3-8H,1-2H3,(H,23,29). The Morgan fingerprint density at radius 1 is 1.13 bits per heavy atom. The van der Waals surface area contributed by atoms with Crippen molar-refractivity contribution in [2.45, 2.75) is 18.6 Å². The van der Waals surface area contributed by atoms with E-state index in [4.69, 9.17) is 27.9 Å². The summed E-state index contributed by atoms with van der Waals surface area (Å²) in [6, 6.07) is 6.00. The SMILES string of the molecule is CC1OC2=C(C1=O)C1(C(=O)Nc3cc(Cl)ccc31)N(c1cc(Cl)c(=O)n(C)c1)C2=O. The van der Waals surface area contributed by atoms with E-state index in [9.17, 15) is 19.2 Å². The third kappa shape index (κ3) is 2.12. The van der Waals surface area contributed by atoms with Gasteiger partial charge < -0.3 is 14.6 Å². The number of halogens is 2. The lowest BCUT2D eigenvalue weighted by Crippen LogP contribution is -2.53. The third-order valence-corrected chi connectivity index (χ3v) is 6.07. The molecule has 5 rings (SSSR count). The number of anilines is 2. The Hall–Kier alpha value is -3.10. The van der Waals surface area contributed by atoms with Crippen LogP contribution in [0.3, 0.4) is 0 Å². The Bertz CT molecular complexity index is 1270. The van der Waals surface area contributed by atoms with Gasteiger partial charge in [0.1, 0.15) is 5.02 Å². The van der Waals surface area contributed by atoms with Crippen LogP contribution in [-0.4, -0.2) is 28.3 Å². The summed E-state index contributed by atoms with van der Waals surface area (Å²) in [5.41, 5.74) is -1.37. The topological polar surface area (TPSA) is 97.7 Å². The molecule has 2 aromatic rings. The average Bonchev–Trinajstić information content (AvgIpc) is 3.23. The number of carbonyl (C=O) groups excluding carboxylic acids is 3. The first-order valence-electron chi connectivity index (χ1n) is 8.95. The zero-order valence-electron chi connectivity index (χ0n) is 15.7. The Labute approximate surface area is 179 Å². The van der Waals surface area contributed by atoms with Crippen molar-refractivity contribution in [3.05, 3.63) is 67.8 Å². The van der Waals surface area contributed by atoms with Crippen LogP contribution < -0.4 is 15.8 Å². The predicted molar refractivity (Wildman–Crippen MR) is 109 cm³/mol. The molecule has 3 aliphatic heterocycles. The number of hydrogen-bond donors (Lipinski definition) is 1. The monoisotopic (exact) mass is 445 g/mol. The van der Waals surface area contributed by atoms with Crippen LogP contribution in [0, 0.1) is 0 Å². The first kappa shape index (κ1) is 18.9. The maximum atomic E-state index is 13.4. The molecule has 0 saturated heterocycles. The smallest absolute Gasteiger partial charge is 0.295 e. The predicted octanol–water partition coefficient (Wildman–Crippen LogP) is 2.13. The second-order valence-corrected chi connectivity index (χ2v) is 8.13. The molecule has 0 aliphatic carbocycles. The van der Waals surface area contributed by atoms with E-state index in [0.29, 0.717) is 16.3 Å². The van der Waals surface area contributed by atoms with Crippen LogP contribution in [-0.2, 0) is 31.7 Å². The number of amides is 2. The summed E-state index contributed by atoms with van der Waals surface area (Å²) in [6.45, 7) is 1.52. The van der Waals surface area contributed by atoms with Crippen LogP contribution in [0.4, 0.5) is 11.4 Å². The van der Waals surface area contributed by atoms with Crippen LogP contribution in [0.1, 0.15) is 12.5 Å². The molecule has 10 heteroatoms. The molecule has 3 aliphatic rings. The Kier molecular flexibility index (Phi) is 3.76. The number of fused-ring (bicyclic) bond motifs is 3. The van der Waals surface area contributed by atoms with Crippen molar-refractivity contribution in [2.75, 3.05) is 10.2 Å². The van der Waals surface area contributed by atoms with Crippen molar-refractivity contribution in [2.24, 2.45) is 7.05 Å². The minimum atomic E-state index is -1.80. The number of rotatable bonds is 1. The van der Waals surface area contributed by atoms with E-state index in [2.05, 4.69) is 5.32 Å². The number of Topliss-reactive ketones (excluding diaryl/α,β-unsaturated/α-hetero) is 1. The van der Waals surface area contributed by atoms with E-state index in [1.807, 2.05) is 0 Å². The number of ketones is 1. The van der Waals surface area contributed by atoms with Gasteiger partial charge >= 0.3 is 0 Å². The van der Waals surface area contributed by atoms with E-state index in [-0.39, 0.29) is 22.0 Å². The number of pyridine rings is 1. The van der Waals surface area contributed by atoms with Gasteiger partial charge in [-0.25, -0.2) is 0 Å². The lowest BCUT2D eigenvalue weighted by atomic mass is 9.81. The number of benzene rings is 1. The normalized spacial score (nSPS) is 24.5. The second kappa shape index (κ2) is 5.96. The fourth-order valence-corrected chi connectivity index (χ4v) is 4.72. The highest BCUT2D eigenvalue weighted by molar-refractivity contribution is 6.33. The molecule has 4 heterocycles. The lowest BCUT2D eigenvalue weighted by molar-refractivity contribution is -0.128. The maximum absolute atomic E-state index is 13.4. The Morgan fingerprint density at radius 3 is 2.57 bits per heavy atom. The summed E-state index contributed by atoms with van der Waals surface area (Å²) >= 11 is 12.1. The molecular weight excluding hydrogens is 433 g/mol. The van der Waals surface area contributed by atoms with Gasteiger partial charge in [-0.3, -0.25) is 24.1 Å². The number of nitrogens with one attached hydrogen (secondary N) is 1. The summed E-state index contributed by atoms with van der Waals surface area (Å²) in [7, 11) is 1.47.